The average Bonchev–Trinajstić information content (AvgIpc) is 2.28. The zero-order chi connectivity index (χ0) is 13.0. The van der Waals surface area contributed by atoms with Crippen molar-refractivity contribution < 1.29 is 4.79 Å². The van der Waals surface area contributed by atoms with E-state index in [1.165, 1.54) is 0 Å². The molecule has 0 N–H and O–H groups in total. The third kappa shape index (κ3) is 4.03. The fraction of sp³-hybridized carbons (Fsp3) is 0.462. The molecule has 0 radical (unpaired) electrons. The van der Waals surface area contributed by atoms with Crippen LogP contribution in [0.25, 0.3) is 0 Å². The number of hydrogen-bond acceptors (Lipinski definition) is 2. The molecule has 1 unspecified atom stereocenters. The Morgan fingerprint density at radius 2 is 2.18 bits per heavy atom. The molecule has 0 saturated carbocycles. The van der Waals surface area contributed by atoms with E-state index in [1.807, 2.05) is 25.2 Å². The Balaban J connectivity index is 2.81. The van der Waals surface area contributed by atoms with Crippen molar-refractivity contribution in [2.24, 2.45) is 5.92 Å². The molecule has 2 nitrogen and oxygen atoms in total. The summed E-state index contributed by atoms with van der Waals surface area (Å²) in [7, 11) is 1.84. The van der Waals surface area contributed by atoms with Gasteiger partial charge in [0.15, 0.2) is 0 Å². The van der Waals surface area contributed by atoms with Gasteiger partial charge in [0.05, 0.1) is 5.56 Å². The highest BCUT2D eigenvalue weighted by Gasteiger charge is 2.16. The van der Waals surface area contributed by atoms with Crippen LogP contribution >= 0.6 is 28.6 Å². The SMILES string of the molecule is CCC(C)CN(C)C(=O)c1ccc(Br)cc1S. The molecule has 0 saturated heterocycles. The number of hydrogen-bond donors (Lipinski definition) is 1. The minimum Gasteiger partial charge on any atom is -0.341 e. The second kappa shape index (κ2) is 6.45. The van der Waals surface area contributed by atoms with Crippen molar-refractivity contribution in [2.45, 2.75) is 25.2 Å². The third-order valence-corrected chi connectivity index (χ3v) is 3.68. The molecule has 4 heteroatoms. The first-order valence-corrected chi connectivity index (χ1v) is 6.93. The molecule has 94 valence electrons. The Kier molecular flexibility index (Phi) is 5.53. The summed E-state index contributed by atoms with van der Waals surface area (Å²) in [5.41, 5.74) is 0.655. The van der Waals surface area contributed by atoms with E-state index in [1.54, 1.807) is 4.90 Å². The molecule has 1 atom stereocenters. The lowest BCUT2D eigenvalue weighted by Crippen LogP contribution is -2.31. The fourth-order valence-electron chi connectivity index (χ4n) is 1.57. The lowest BCUT2D eigenvalue weighted by Gasteiger charge is -2.21. The maximum Gasteiger partial charge on any atom is 0.254 e. The molecule has 1 rings (SSSR count). The third-order valence-electron chi connectivity index (χ3n) is 2.82. The van der Waals surface area contributed by atoms with Crippen LogP contribution in [-0.4, -0.2) is 24.4 Å². The van der Waals surface area contributed by atoms with E-state index in [9.17, 15) is 4.79 Å². The van der Waals surface area contributed by atoms with Gasteiger partial charge in [-0.1, -0.05) is 36.2 Å². The van der Waals surface area contributed by atoms with E-state index in [2.05, 4.69) is 42.4 Å². The monoisotopic (exact) mass is 315 g/mol. The van der Waals surface area contributed by atoms with E-state index in [4.69, 9.17) is 0 Å². The summed E-state index contributed by atoms with van der Waals surface area (Å²) in [6, 6.07) is 5.51. The zero-order valence-corrected chi connectivity index (χ0v) is 12.9. The van der Waals surface area contributed by atoms with Gasteiger partial charge in [-0.25, -0.2) is 0 Å². The van der Waals surface area contributed by atoms with Crippen molar-refractivity contribution in [1.29, 1.82) is 0 Å². The summed E-state index contributed by atoms with van der Waals surface area (Å²) in [5.74, 6) is 0.547. The molecule has 1 aromatic rings. The van der Waals surface area contributed by atoms with Gasteiger partial charge in [-0.15, -0.1) is 12.6 Å². The van der Waals surface area contributed by atoms with Crippen LogP contribution < -0.4 is 0 Å². The van der Waals surface area contributed by atoms with Crippen LogP contribution in [0, 0.1) is 5.92 Å². The second-order valence-electron chi connectivity index (χ2n) is 4.36. The van der Waals surface area contributed by atoms with Crippen molar-refractivity contribution in [3.63, 3.8) is 0 Å². The Morgan fingerprint density at radius 3 is 2.71 bits per heavy atom. The zero-order valence-electron chi connectivity index (χ0n) is 10.4. The first-order chi connectivity index (χ1) is 7.95. The van der Waals surface area contributed by atoms with Gasteiger partial charge in [0.2, 0.25) is 0 Å². The first-order valence-electron chi connectivity index (χ1n) is 5.69. The summed E-state index contributed by atoms with van der Waals surface area (Å²) >= 11 is 7.70. The molecule has 0 aliphatic carbocycles. The van der Waals surface area contributed by atoms with Gasteiger partial charge in [-0.05, 0) is 24.1 Å². The smallest absolute Gasteiger partial charge is 0.254 e. The molecule has 0 aliphatic rings. The van der Waals surface area contributed by atoms with E-state index in [0.29, 0.717) is 16.4 Å². The standard InChI is InChI=1S/C13H18BrNOS/c1-4-9(2)8-15(3)13(16)11-6-5-10(14)7-12(11)17/h5-7,9,17H,4,8H2,1-3H3. The first kappa shape index (κ1) is 14.6. The van der Waals surface area contributed by atoms with Crippen LogP contribution in [0.15, 0.2) is 27.6 Å². The Morgan fingerprint density at radius 1 is 1.53 bits per heavy atom. The Labute approximate surface area is 117 Å². The van der Waals surface area contributed by atoms with Gasteiger partial charge in [-0.2, -0.15) is 0 Å². The quantitative estimate of drug-likeness (QED) is 0.837. The molecule has 0 heterocycles. The van der Waals surface area contributed by atoms with Gasteiger partial charge in [0.1, 0.15) is 0 Å². The highest BCUT2D eigenvalue weighted by Crippen LogP contribution is 2.21. The number of thiol groups is 1. The van der Waals surface area contributed by atoms with E-state index >= 15 is 0 Å². The number of carbonyl (C=O) groups excluding carboxylic acids is 1. The average molecular weight is 316 g/mol. The topological polar surface area (TPSA) is 20.3 Å². The minimum absolute atomic E-state index is 0.0304. The lowest BCUT2D eigenvalue weighted by molar-refractivity contribution is 0.0771. The molecule has 0 spiro atoms. The largest absolute Gasteiger partial charge is 0.341 e. The van der Waals surface area contributed by atoms with E-state index in [0.717, 1.165) is 17.4 Å². The van der Waals surface area contributed by atoms with Crippen LogP contribution in [0.1, 0.15) is 30.6 Å². The van der Waals surface area contributed by atoms with Crippen molar-refractivity contribution in [3.05, 3.63) is 28.2 Å². The predicted molar refractivity (Wildman–Crippen MR) is 77.8 cm³/mol. The van der Waals surface area contributed by atoms with Crippen molar-refractivity contribution in [1.82, 2.24) is 4.90 Å². The Bertz CT molecular complexity index is 408. The summed E-state index contributed by atoms with van der Waals surface area (Å²) in [6.45, 7) is 5.05. The van der Waals surface area contributed by atoms with Crippen LogP contribution in [0.2, 0.25) is 0 Å². The predicted octanol–water partition coefficient (Wildman–Crippen LogP) is 3.86. The highest BCUT2D eigenvalue weighted by molar-refractivity contribution is 9.10. The summed E-state index contributed by atoms with van der Waals surface area (Å²) in [4.78, 5) is 14.7. The molecular formula is C13H18BrNOS. The number of rotatable bonds is 4. The van der Waals surface area contributed by atoms with Gasteiger partial charge < -0.3 is 4.90 Å². The van der Waals surface area contributed by atoms with E-state index < -0.39 is 0 Å². The van der Waals surface area contributed by atoms with Crippen molar-refractivity contribution >= 4 is 34.5 Å². The normalized spacial score (nSPS) is 12.3. The molecule has 1 amide bonds. The van der Waals surface area contributed by atoms with Crippen molar-refractivity contribution in [2.75, 3.05) is 13.6 Å². The fourth-order valence-corrected chi connectivity index (χ4v) is 2.42. The Hall–Kier alpha value is -0.480. The van der Waals surface area contributed by atoms with Gasteiger partial charge in [0.25, 0.3) is 5.91 Å². The molecule has 0 bridgehead atoms. The van der Waals surface area contributed by atoms with Crippen molar-refractivity contribution in [3.8, 4) is 0 Å². The maximum atomic E-state index is 12.2. The van der Waals surface area contributed by atoms with E-state index in [-0.39, 0.29) is 5.91 Å². The van der Waals surface area contributed by atoms with Crippen LogP contribution in [0.4, 0.5) is 0 Å². The number of amides is 1. The summed E-state index contributed by atoms with van der Waals surface area (Å²) in [5, 5.41) is 0. The number of nitrogens with zero attached hydrogens (tertiary/aromatic N) is 1. The minimum atomic E-state index is 0.0304. The highest BCUT2D eigenvalue weighted by atomic mass is 79.9. The molecule has 1 aromatic carbocycles. The molecular weight excluding hydrogens is 298 g/mol. The molecule has 0 aromatic heterocycles. The number of halogens is 1. The number of carbonyl (C=O) groups is 1. The van der Waals surface area contributed by atoms with Crippen LogP contribution in [0.3, 0.4) is 0 Å². The maximum absolute atomic E-state index is 12.2. The molecule has 0 fully saturated rings. The molecule has 0 aliphatic heterocycles. The van der Waals surface area contributed by atoms with Crippen LogP contribution in [-0.2, 0) is 0 Å². The van der Waals surface area contributed by atoms with Gasteiger partial charge in [-0.3, -0.25) is 4.79 Å². The van der Waals surface area contributed by atoms with Gasteiger partial charge in [0, 0.05) is 23.0 Å². The summed E-state index contributed by atoms with van der Waals surface area (Å²) < 4.78 is 0.934. The number of benzene rings is 1. The van der Waals surface area contributed by atoms with Gasteiger partial charge >= 0.3 is 0 Å². The second-order valence-corrected chi connectivity index (χ2v) is 5.76. The lowest BCUT2D eigenvalue weighted by atomic mass is 10.1. The molecule has 17 heavy (non-hydrogen) atoms. The van der Waals surface area contributed by atoms with Crippen LogP contribution in [0.5, 0.6) is 0 Å². The summed E-state index contributed by atoms with van der Waals surface area (Å²) in [6.07, 6.45) is 1.08.